The van der Waals surface area contributed by atoms with Crippen LogP contribution in [-0.4, -0.2) is 21.7 Å². The predicted molar refractivity (Wildman–Crippen MR) is 149 cm³/mol. The molecule has 0 aliphatic rings. The number of rotatable bonds is 10. The van der Waals surface area contributed by atoms with E-state index in [1.165, 1.54) is 38.1 Å². The molecule has 1 atom stereocenters. The highest BCUT2D eigenvalue weighted by Gasteiger charge is 2.35. The number of para-hydroxylation sites is 1. The molecular formula is C32H36N2O. The molecule has 35 heavy (non-hydrogen) atoms. The van der Waals surface area contributed by atoms with Crippen molar-refractivity contribution in [1.82, 2.24) is 10.3 Å². The summed E-state index contributed by atoms with van der Waals surface area (Å²) in [6.45, 7) is 5.05. The standard InChI is InChI=1S/C32H36N2O/c1-3-17-32(35,18-4-2)31(20-25-21-33-30-16-10-9-15-28(25)30)34-22-29-26-13-7-5-11-23(26)19-24-12-6-8-14-27(24)29/h5-16,19,21,31,33-35H,3-4,17-18,20,22H2,1-2H3/t31-/m0/s1. The Kier molecular flexibility index (Phi) is 6.90. The van der Waals surface area contributed by atoms with Crippen molar-refractivity contribution < 1.29 is 5.11 Å². The van der Waals surface area contributed by atoms with Crippen LogP contribution in [-0.2, 0) is 13.0 Å². The van der Waals surface area contributed by atoms with Crippen LogP contribution in [0.25, 0.3) is 32.4 Å². The van der Waals surface area contributed by atoms with Crippen LogP contribution in [0.15, 0.2) is 85.1 Å². The average molecular weight is 465 g/mol. The summed E-state index contributed by atoms with van der Waals surface area (Å²) in [5.74, 6) is 0. The largest absolute Gasteiger partial charge is 0.388 e. The summed E-state index contributed by atoms with van der Waals surface area (Å²) in [6.07, 6.45) is 6.39. The Hall–Kier alpha value is -3.14. The number of fused-ring (bicyclic) bond motifs is 3. The van der Waals surface area contributed by atoms with Gasteiger partial charge in [-0.1, -0.05) is 93.4 Å². The molecule has 0 amide bonds. The minimum atomic E-state index is -0.762. The molecule has 4 aromatic carbocycles. The molecule has 5 aromatic rings. The maximum atomic E-state index is 12.0. The van der Waals surface area contributed by atoms with Crippen LogP contribution in [0.3, 0.4) is 0 Å². The topological polar surface area (TPSA) is 48.0 Å². The highest BCUT2D eigenvalue weighted by molar-refractivity contribution is 6.02. The Morgan fingerprint density at radius 2 is 1.37 bits per heavy atom. The minimum absolute atomic E-state index is 0.0562. The lowest BCUT2D eigenvalue weighted by atomic mass is 9.81. The van der Waals surface area contributed by atoms with E-state index in [2.05, 4.69) is 109 Å². The molecule has 0 radical (unpaired) electrons. The van der Waals surface area contributed by atoms with Gasteiger partial charge in [0.1, 0.15) is 0 Å². The van der Waals surface area contributed by atoms with E-state index in [1.54, 1.807) is 0 Å². The lowest BCUT2D eigenvalue weighted by Crippen LogP contribution is -2.51. The zero-order valence-corrected chi connectivity index (χ0v) is 20.9. The molecule has 0 bridgehead atoms. The summed E-state index contributed by atoms with van der Waals surface area (Å²) in [5.41, 5.74) is 2.95. The van der Waals surface area contributed by atoms with E-state index in [-0.39, 0.29) is 6.04 Å². The Labute approximate surface area is 208 Å². The number of aliphatic hydroxyl groups is 1. The van der Waals surface area contributed by atoms with Crippen LogP contribution >= 0.6 is 0 Å². The van der Waals surface area contributed by atoms with Gasteiger partial charge in [0.05, 0.1) is 5.60 Å². The zero-order chi connectivity index (χ0) is 24.3. The number of nitrogens with one attached hydrogen (secondary N) is 2. The van der Waals surface area contributed by atoms with Crippen LogP contribution in [0.2, 0.25) is 0 Å². The van der Waals surface area contributed by atoms with Gasteiger partial charge in [-0.15, -0.1) is 0 Å². The van der Waals surface area contributed by atoms with Gasteiger partial charge in [-0.25, -0.2) is 0 Å². The average Bonchev–Trinajstić information content (AvgIpc) is 3.29. The third-order valence-electron chi connectivity index (χ3n) is 7.52. The van der Waals surface area contributed by atoms with Crippen molar-refractivity contribution in [3.05, 3.63) is 96.2 Å². The molecule has 1 aromatic heterocycles. The van der Waals surface area contributed by atoms with Crippen LogP contribution in [0, 0.1) is 0 Å². The van der Waals surface area contributed by atoms with Gasteiger partial charge in [0.25, 0.3) is 0 Å². The van der Waals surface area contributed by atoms with Gasteiger partial charge in [0.15, 0.2) is 0 Å². The molecule has 3 heteroatoms. The predicted octanol–water partition coefficient (Wildman–Crippen LogP) is 7.51. The first-order valence-corrected chi connectivity index (χ1v) is 13.0. The van der Waals surface area contributed by atoms with Crippen molar-refractivity contribution in [1.29, 1.82) is 0 Å². The second-order valence-corrected chi connectivity index (χ2v) is 9.90. The lowest BCUT2D eigenvalue weighted by Gasteiger charge is -2.37. The molecular weight excluding hydrogens is 428 g/mol. The molecule has 0 fully saturated rings. The van der Waals surface area contributed by atoms with Crippen LogP contribution < -0.4 is 5.32 Å². The molecule has 0 saturated heterocycles. The van der Waals surface area contributed by atoms with Gasteiger partial charge in [0, 0.05) is 29.7 Å². The molecule has 0 spiro atoms. The summed E-state index contributed by atoms with van der Waals surface area (Å²) < 4.78 is 0. The van der Waals surface area contributed by atoms with Crippen molar-refractivity contribution in [3.8, 4) is 0 Å². The normalized spacial score (nSPS) is 13.1. The number of aromatic nitrogens is 1. The highest BCUT2D eigenvalue weighted by Crippen LogP contribution is 2.32. The number of hydrogen-bond donors (Lipinski definition) is 3. The molecule has 0 saturated carbocycles. The second kappa shape index (κ2) is 10.2. The summed E-state index contributed by atoms with van der Waals surface area (Å²) in [7, 11) is 0. The van der Waals surface area contributed by atoms with Crippen LogP contribution in [0.4, 0.5) is 0 Å². The van der Waals surface area contributed by atoms with Crippen molar-refractivity contribution >= 4 is 32.4 Å². The minimum Gasteiger partial charge on any atom is -0.388 e. The Bertz CT molecular complexity index is 1370. The van der Waals surface area contributed by atoms with E-state index in [0.717, 1.165) is 37.6 Å². The molecule has 0 aliphatic carbocycles. The van der Waals surface area contributed by atoms with E-state index < -0.39 is 5.60 Å². The Morgan fingerprint density at radius 3 is 2.00 bits per heavy atom. The first-order valence-electron chi connectivity index (χ1n) is 13.0. The molecule has 0 aliphatic heterocycles. The van der Waals surface area contributed by atoms with Crippen molar-refractivity contribution in [2.45, 2.75) is 64.1 Å². The lowest BCUT2D eigenvalue weighted by molar-refractivity contribution is -0.0160. The Balaban J connectivity index is 1.54. The van der Waals surface area contributed by atoms with E-state index in [4.69, 9.17) is 0 Å². The van der Waals surface area contributed by atoms with Crippen molar-refractivity contribution in [2.24, 2.45) is 0 Å². The number of H-pyrrole nitrogens is 1. The number of aromatic amines is 1. The zero-order valence-electron chi connectivity index (χ0n) is 20.9. The summed E-state index contributed by atoms with van der Waals surface area (Å²) >= 11 is 0. The maximum Gasteiger partial charge on any atom is 0.0803 e. The first-order chi connectivity index (χ1) is 17.1. The fraction of sp³-hybridized carbons (Fsp3) is 0.312. The van der Waals surface area contributed by atoms with Crippen molar-refractivity contribution in [3.63, 3.8) is 0 Å². The number of benzene rings is 4. The van der Waals surface area contributed by atoms with E-state index in [9.17, 15) is 5.11 Å². The first kappa shape index (κ1) is 23.6. The van der Waals surface area contributed by atoms with Crippen LogP contribution in [0.5, 0.6) is 0 Å². The van der Waals surface area contributed by atoms with Gasteiger partial charge in [-0.3, -0.25) is 0 Å². The molecule has 1 heterocycles. The van der Waals surface area contributed by atoms with Gasteiger partial charge < -0.3 is 15.4 Å². The number of hydrogen-bond acceptors (Lipinski definition) is 2. The monoisotopic (exact) mass is 464 g/mol. The van der Waals surface area contributed by atoms with Crippen molar-refractivity contribution in [2.75, 3.05) is 0 Å². The van der Waals surface area contributed by atoms with Crippen LogP contribution in [0.1, 0.15) is 50.7 Å². The third kappa shape index (κ3) is 4.71. The van der Waals surface area contributed by atoms with E-state index >= 15 is 0 Å². The smallest absolute Gasteiger partial charge is 0.0803 e. The third-order valence-corrected chi connectivity index (χ3v) is 7.52. The molecule has 3 N–H and O–H groups in total. The maximum absolute atomic E-state index is 12.0. The van der Waals surface area contributed by atoms with E-state index in [0.29, 0.717) is 6.54 Å². The fourth-order valence-electron chi connectivity index (χ4n) is 5.84. The van der Waals surface area contributed by atoms with E-state index in [1.807, 2.05) is 0 Å². The summed E-state index contributed by atoms with van der Waals surface area (Å²) in [6, 6.07) is 28.0. The second-order valence-electron chi connectivity index (χ2n) is 9.90. The van der Waals surface area contributed by atoms with Gasteiger partial charge in [-0.2, -0.15) is 0 Å². The molecule has 5 rings (SSSR count). The summed E-state index contributed by atoms with van der Waals surface area (Å²) in [5, 5.41) is 22.2. The molecule has 3 nitrogen and oxygen atoms in total. The molecule has 180 valence electrons. The Morgan fingerprint density at radius 1 is 0.800 bits per heavy atom. The van der Waals surface area contributed by atoms with Gasteiger partial charge in [0.2, 0.25) is 0 Å². The van der Waals surface area contributed by atoms with Gasteiger partial charge in [-0.05, 0) is 64.1 Å². The SMILES string of the molecule is CCCC(O)(CCC)[C@H](Cc1c[nH]c2ccccc12)NCc1c2ccccc2cc2ccccc12. The highest BCUT2D eigenvalue weighted by atomic mass is 16.3. The fourth-order valence-corrected chi connectivity index (χ4v) is 5.84. The molecule has 0 unspecified atom stereocenters. The summed E-state index contributed by atoms with van der Waals surface area (Å²) in [4.78, 5) is 3.42. The quantitative estimate of drug-likeness (QED) is 0.187. The van der Waals surface area contributed by atoms with Gasteiger partial charge >= 0.3 is 0 Å².